The van der Waals surface area contributed by atoms with E-state index in [0.29, 0.717) is 24.1 Å². The Morgan fingerprint density at radius 3 is 3.12 bits per heavy atom. The fourth-order valence-corrected chi connectivity index (χ4v) is 3.38. The SMILES string of the molecule is O=C(/C=C/C1=Cc2cc(Cl)ccc2OC1)NCC1CCCC(O)C1. The minimum Gasteiger partial charge on any atom is -0.488 e. The molecular weight excluding hydrogens is 326 g/mol. The summed E-state index contributed by atoms with van der Waals surface area (Å²) in [4.78, 5) is 12.0. The van der Waals surface area contributed by atoms with Gasteiger partial charge in [0.1, 0.15) is 12.4 Å². The average Bonchev–Trinajstić information content (AvgIpc) is 2.58. The summed E-state index contributed by atoms with van der Waals surface area (Å²) in [5, 5.41) is 13.2. The minimum atomic E-state index is -0.215. The average molecular weight is 348 g/mol. The van der Waals surface area contributed by atoms with Gasteiger partial charge in [-0.3, -0.25) is 4.79 Å². The fourth-order valence-electron chi connectivity index (χ4n) is 3.20. The summed E-state index contributed by atoms with van der Waals surface area (Å²) in [6.07, 6.45) is 8.82. The zero-order valence-electron chi connectivity index (χ0n) is 13.5. The van der Waals surface area contributed by atoms with Crippen molar-refractivity contribution in [1.29, 1.82) is 0 Å². The zero-order valence-corrected chi connectivity index (χ0v) is 14.3. The number of amides is 1. The van der Waals surface area contributed by atoms with Crippen LogP contribution >= 0.6 is 11.6 Å². The molecule has 128 valence electrons. The van der Waals surface area contributed by atoms with E-state index in [-0.39, 0.29) is 12.0 Å². The highest BCUT2D eigenvalue weighted by molar-refractivity contribution is 6.30. The van der Waals surface area contributed by atoms with Crippen LogP contribution in [0.2, 0.25) is 5.02 Å². The van der Waals surface area contributed by atoms with Gasteiger partial charge in [-0.25, -0.2) is 0 Å². The van der Waals surface area contributed by atoms with Crippen LogP contribution in [0.3, 0.4) is 0 Å². The molecule has 5 heteroatoms. The molecule has 1 heterocycles. The van der Waals surface area contributed by atoms with Crippen molar-refractivity contribution in [2.24, 2.45) is 5.92 Å². The first-order chi connectivity index (χ1) is 11.6. The smallest absolute Gasteiger partial charge is 0.243 e. The number of hydrogen-bond acceptors (Lipinski definition) is 3. The first-order valence-corrected chi connectivity index (χ1v) is 8.75. The molecule has 1 aliphatic heterocycles. The minimum absolute atomic E-state index is 0.118. The van der Waals surface area contributed by atoms with Crippen LogP contribution in [0.25, 0.3) is 6.08 Å². The molecule has 1 aromatic carbocycles. The van der Waals surface area contributed by atoms with Gasteiger partial charge in [0.2, 0.25) is 5.91 Å². The van der Waals surface area contributed by atoms with Crippen LogP contribution in [-0.4, -0.2) is 30.3 Å². The van der Waals surface area contributed by atoms with Gasteiger partial charge in [0.25, 0.3) is 0 Å². The van der Waals surface area contributed by atoms with E-state index < -0.39 is 0 Å². The summed E-state index contributed by atoms with van der Waals surface area (Å²) < 4.78 is 5.65. The van der Waals surface area contributed by atoms with Crippen molar-refractivity contribution in [3.05, 3.63) is 46.5 Å². The number of fused-ring (bicyclic) bond motifs is 1. The van der Waals surface area contributed by atoms with Gasteiger partial charge >= 0.3 is 0 Å². The second-order valence-corrected chi connectivity index (χ2v) is 6.89. The molecule has 1 aromatic rings. The van der Waals surface area contributed by atoms with Crippen molar-refractivity contribution in [2.45, 2.75) is 31.8 Å². The van der Waals surface area contributed by atoms with Gasteiger partial charge in [-0.1, -0.05) is 24.1 Å². The third-order valence-electron chi connectivity index (χ3n) is 4.48. The predicted octanol–water partition coefficient (Wildman–Crippen LogP) is 3.34. The number of carbonyl (C=O) groups excluding carboxylic acids is 1. The summed E-state index contributed by atoms with van der Waals surface area (Å²) in [5.74, 6) is 1.06. The predicted molar refractivity (Wildman–Crippen MR) is 95.0 cm³/mol. The van der Waals surface area contributed by atoms with Gasteiger partial charge in [0.15, 0.2) is 0 Å². The molecule has 1 saturated carbocycles. The molecule has 0 radical (unpaired) electrons. The van der Waals surface area contributed by atoms with E-state index in [0.717, 1.165) is 42.6 Å². The first kappa shape index (κ1) is 17.1. The Bertz CT molecular complexity index is 669. The molecule has 1 fully saturated rings. The molecule has 0 aromatic heterocycles. The van der Waals surface area contributed by atoms with E-state index in [1.54, 1.807) is 12.1 Å². The molecular formula is C19H22ClNO3. The number of aliphatic hydroxyl groups is 1. The van der Waals surface area contributed by atoms with Crippen molar-refractivity contribution in [3.8, 4) is 5.75 Å². The molecule has 2 atom stereocenters. The van der Waals surface area contributed by atoms with Crippen LogP contribution in [0.15, 0.2) is 35.9 Å². The maximum absolute atomic E-state index is 12.0. The van der Waals surface area contributed by atoms with E-state index in [4.69, 9.17) is 16.3 Å². The Morgan fingerprint density at radius 2 is 2.29 bits per heavy atom. The molecule has 0 bridgehead atoms. The van der Waals surface area contributed by atoms with Crippen LogP contribution in [0.4, 0.5) is 0 Å². The monoisotopic (exact) mass is 347 g/mol. The number of rotatable bonds is 4. The number of ether oxygens (including phenoxy) is 1. The Morgan fingerprint density at radius 1 is 1.42 bits per heavy atom. The largest absolute Gasteiger partial charge is 0.488 e. The summed E-state index contributed by atoms with van der Waals surface area (Å²) >= 11 is 5.99. The quantitative estimate of drug-likeness (QED) is 0.821. The van der Waals surface area contributed by atoms with E-state index >= 15 is 0 Å². The zero-order chi connectivity index (χ0) is 16.9. The van der Waals surface area contributed by atoms with Crippen molar-refractivity contribution in [3.63, 3.8) is 0 Å². The second kappa shape index (κ2) is 7.86. The van der Waals surface area contributed by atoms with E-state index in [1.807, 2.05) is 18.2 Å². The Balaban J connectivity index is 1.53. The lowest BCUT2D eigenvalue weighted by atomic mass is 9.87. The lowest BCUT2D eigenvalue weighted by Crippen LogP contribution is -2.32. The number of hydrogen-bond donors (Lipinski definition) is 2. The fraction of sp³-hybridized carbons (Fsp3) is 0.421. The first-order valence-electron chi connectivity index (χ1n) is 8.37. The summed E-state index contributed by atoms with van der Waals surface area (Å²) in [7, 11) is 0. The lowest BCUT2D eigenvalue weighted by molar-refractivity contribution is -0.116. The topological polar surface area (TPSA) is 58.6 Å². The van der Waals surface area contributed by atoms with Crippen molar-refractivity contribution in [2.75, 3.05) is 13.2 Å². The number of aliphatic hydroxyl groups excluding tert-OH is 1. The van der Waals surface area contributed by atoms with E-state index in [2.05, 4.69) is 5.32 Å². The second-order valence-electron chi connectivity index (χ2n) is 6.46. The van der Waals surface area contributed by atoms with E-state index in [1.165, 1.54) is 6.08 Å². The van der Waals surface area contributed by atoms with Crippen LogP contribution in [0.1, 0.15) is 31.2 Å². The molecule has 2 N–H and O–H groups in total. The Labute approximate surface area is 147 Å². The molecule has 1 amide bonds. The number of benzene rings is 1. The molecule has 24 heavy (non-hydrogen) atoms. The maximum atomic E-state index is 12.0. The van der Waals surface area contributed by atoms with Crippen molar-refractivity contribution in [1.82, 2.24) is 5.32 Å². The van der Waals surface area contributed by atoms with E-state index in [9.17, 15) is 9.90 Å². The number of nitrogens with one attached hydrogen (secondary N) is 1. The van der Waals surface area contributed by atoms with Gasteiger partial charge in [-0.15, -0.1) is 0 Å². The van der Waals surface area contributed by atoms with Crippen molar-refractivity contribution < 1.29 is 14.6 Å². The molecule has 0 spiro atoms. The highest BCUT2D eigenvalue weighted by atomic mass is 35.5. The van der Waals surface area contributed by atoms with Gasteiger partial charge in [-0.05, 0) is 55.0 Å². The van der Waals surface area contributed by atoms with Crippen LogP contribution in [-0.2, 0) is 4.79 Å². The third kappa shape index (κ3) is 4.62. The molecule has 0 saturated heterocycles. The Hall–Kier alpha value is -1.78. The third-order valence-corrected chi connectivity index (χ3v) is 4.71. The van der Waals surface area contributed by atoms with Crippen LogP contribution in [0.5, 0.6) is 5.75 Å². The lowest BCUT2D eigenvalue weighted by Gasteiger charge is -2.25. The molecule has 3 rings (SSSR count). The highest BCUT2D eigenvalue weighted by Crippen LogP contribution is 2.29. The number of carbonyl (C=O) groups is 1. The van der Waals surface area contributed by atoms with Gasteiger partial charge < -0.3 is 15.2 Å². The molecule has 2 aliphatic rings. The molecule has 2 unspecified atom stereocenters. The van der Waals surface area contributed by atoms with Crippen molar-refractivity contribution >= 4 is 23.6 Å². The number of halogens is 1. The van der Waals surface area contributed by atoms with Gasteiger partial charge in [-0.2, -0.15) is 0 Å². The normalized spacial score (nSPS) is 23.3. The molecule has 4 nitrogen and oxygen atoms in total. The highest BCUT2D eigenvalue weighted by Gasteiger charge is 2.20. The van der Waals surface area contributed by atoms with Gasteiger partial charge in [0, 0.05) is 23.2 Å². The Kier molecular flexibility index (Phi) is 5.59. The van der Waals surface area contributed by atoms with Gasteiger partial charge in [0.05, 0.1) is 6.10 Å². The summed E-state index contributed by atoms with van der Waals surface area (Å²) in [6, 6.07) is 5.49. The maximum Gasteiger partial charge on any atom is 0.243 e. The standard InChI is InChI=1S/C19H22ClNO3/c20-16-5-6-18-15(10-16)8-14(12-24-18)4-7-19(23)21-11-13-2-1-3-17(22)9-13/h4-8,10,13,17,22H,1-3,9,11-12H2,(H,21,23)/b7-4+. The molecule has 1 aliphatic carbocycles. The summed E-state index contributed by atoms with van der Waals surface area (Å²) in [6.45, 7) is 1.06. The summed E-state index contributed by atoms with van der Waals surface area (Å²) in [5.41, 5.74) is 1.85. The van der Waals surface area contributed by atoms with Crippen LogP contribution in [0, 0.1) is 5.92 Å². The van der Waals surface area contributed by atoms with Crippen LogP contribution < -0.4 is 10.1 Å².